The number of nitrogens with zero attached hydrogens (tertiary/aromatic N) is 1. The zero-order valence-corrected chi connectivity index (χ0v) is 12.3. The molecule has 19 heavy (non-hydrogen) atoms. The first-order valence-corrected chi connectivity index (χ1v) is 7.30. The van der Waals surface area contributed by atoms with Crippen molar-refractivity contribution in [1.82, 2.24) is 4.90 Å². The molecule has 0 bridgehead atoms. The molecular weight excluding hydrogens is 236 g/mol. The highest BCUT2D eigenvalue weighted by molar-refractivity contribution is 5.31. The molecule has 0 heterocycles. The maximum absolute atomic E-state index is 5.99. The highest BCUT2D eigenvalue weighted by atomic mass is 16.5. The molecule has 106 valence electrons. The lowest BCUT2D eigenvalue weighted by Crippen LogP contribution is -2.42. The van der Waals surface area contributed by atoms with Gasteiger partial charge in [0.15, 0.2) is 0 Å². The van der Waals surface area contributed by atoms with Crippen LogP contribution in [0, 0.1) is 0 Å². The van der Waals surface area contributed by atoms with Crippen molar-refractivity contribution in [3.8, 4) is 5.75 Å². The Morgan fingerprint density at radius 3 is 2.63 bits per heavy atom. The first-order valence-electron chi connectivity index (χ1n) is 7.30. The highest BCUT2D eigenvalue weighted by Gasteiger charge is 2.27. The average Bonchev–Trinajstić information content (AvgIpc) is 2.27. The topological polar surface area (TPSA) is 38.5 Å². The molecule has 1 unspecified atom stereocenters. The van der Waals surface area contributed by atoms with Crippen molar-refractivity contribution < 1.29 is 4.74 Å². The Kier molecular flexibility index (Phi) is 4.83. The van der Waals surface area contributed by atoms with E-state index in [1.807, 2.05) is 19.9 Å². The minimum absolute atomic E-state index is 0.205. The lowest BCUT2D eigenvalue weighted by molar-refractivity contribution is 0.113. The van der Waals surface area contributed by atoms with E-state index in [-0.39, 0.29) is 6.10 Å². The first-order chi connectivity index (χ1) is 9.11. The molecule has 3 nitrogen and oxygen atoms in total. The van der Waals surface area contributed by atoms with E-state index in [0.29, 0.717) is 18.6 Å². The van der Waals surface area contributed by atoms with Gasteiger partial charge in [-0.05, 0) is 51.4 Å². The molecule has 1 aliphatic carbocycles. The molecule has 2 N–H and O–H groups in total. The van der Waals surface area contributed by atoms with Gasteiger partial charge in [-0.15, -0.1) is 0 Å². The van der Waals surface area contributed by atoms with Crippen LogP contribution in [0.15, 0.2) is 24.3 Å². The lowest BCUT2D eigenvalue weighted by atomic mass is 9.89. The molecule has 0 radical (unpaired) electrons. The molecule has 3 heteroatoms. The van der Waals surface area contributed by atoms with E-state index in [1.54, 1.807) is 0 Å². The van der Waals surface area contributed by atoms with Crippen LogP contribution in [0.4, 0.5) is 0 Å². The monoisotopic (exact) mass is 262 g/mol. The number of ether oxygens (including phenoxy) is 1. The standard InChI is InChI=1S/C16H26N2O/c1-12(2)19-15-9-4-6-13(10-15)16(11-17)18(3)14-7-5-8-14/h4,6,9-10,12,14,16H,5,7-8,11,17H2,1-3H3. The number of benzene rings is 1. The van der Waals surface area contributed by atoms with Gasteiger partial charge >= 0.3 is 0 Å². The maximum atomic E-state index is 5.99. The van der Waals surface area contributed by atoms with Crippen LogP contribution in [0.3, 0.4) is 0 Å². The Hall–Kier alpha value is -1.06. The molecule has 0 aromatic heterocycles. The molecule has 1 aliphatic rings. The fraction of sp³-hybridized carbons (Fsp3) is 0.625. The van der Waals surface area contributed by atoms with E-state index in [4.69, 9.17) is 10.5 Å². The Morgan fingerprint density at radius 2 is 2.11 bits per heavy atom. The van der Waals surface area contributed by atoms with Crippen LogP contribution in [-0.2, 0) is 0 Å². The molecule has 1 aromatic carbocycles. The quantitative estimate of drug-likeness (QED) is 0.856. The second-order valence-corrected chi connectivity index (χ2v) is 5.74. The predicted octanol–water partition coefficient (Wildman–Crippen LogP) is 2.96. The Balaban J connectivity index is 2.12. The van der Waals surface area contributed by atoms with E-state index < -0.39 is 0 Å². The zero-order valence-electron chi connectivity index (χ0n) is 12.3. The maximum Gasteiger partial charge on any atom is 0.120 e. The van der Waals surface area contributed by atoms with Gasteiger partial charge < -0.3 is 10.5 Å². The fourth-order valence-electron chi connectivity index (χ4n) is 2.65. The number of rotatable bonds is 6. The summed E-state index contributed by atoms with van der Waals surface area (Å²) < 4.78 is 5.77. The van der Waals surface area contributed by atoms with E-state index in [0.717, 1.165) is 5.75 Å². The Bertz CT molecular complexity index is 401. The summed E-state index contributed by atoms with van der Waals surface area (Å²) in [5, 5.41) is 0. The minimum atomic E-state index is 0.205. The minimum Gasteiger partial charge on any atom is -0.491 e. The summed E-state index contributed by atoms with van der Waals surface area (Å²) in [7, 11) is 2.19. The first kappa shape index (κ1) is 14.4. The fourth-order valence-corrected chi connectivity index (χ4v) is 2.65. The molecule has 1 atom stereocenters. The van der Waals surface area contributed by atoms with Crippen LogP contribution in [0.1, 0.15) is 44.7 Å². The zero-order chi connectivity index (χ0) is 13.8. The van der Waals surface area contributed by atoms with Gasteiger partial charge in [-0.25, -0.2) is 0 Å². The van der Waals surface area contributed by atoms with Crippen LogP contribution >= 0.6 is 0 Å². The molecule has 2 rings (SSSR count). The van der Waals surface area contributed by atoms with Crippen LogP contribution in [0.25, 0.3) is 0 Å². The van der Waals surface area contributed by atoms with E-state index in [1.165, 1.54) is 24.8 Å². The average molecular weight is 262 g/mol. The molecule has 0 saturated heterocycles. The Labute approximate surface area is 116 Å². The molecule has 1 aromatic rings. The van der Waals surface area contributed by atoms with Gasteiger partial charge in [0.05, 0.1) is 6.10 Å². The van der Waals surface area contributed by atoms with Crippen molar-refractivity contribution >= 4 is 0 Å². The number of hydrogen-bond donors (Lipinski definition) is 1. The van der Waals surface area contributed by atoms with Crippen molar-refractivity contribution in [3.63, 3.8) is 0 Å². The van der Waals surface area contributed by atoms with Gasteiger partial charge in [0.25, 0.3) is 0 Å². The van der Waals surface area contributed by atoms with Crippen LogP contribution < -0.4 is 10.5 Å². The molecule has 0 aliphatic heterocycles. The third-order valence-electron chi connectivity index (χ3n) is 3.98. The molecule has 0 amide bonds. The van der Waals surface area contributed by atoms with Gasteiger partial charge in [0.1, 0.15) is 5.75 Å². The largest absolute Gasteiger partial charge is 0.491 e. The summed E-state index contributed by atoms with van der Waals surface area (Å²) in [5.74, 6) is 0.938. The van der Waals surface area contributed by atoms with Gasteiger partial charge in [-0.2, -0.15) is 0 Å². The number of likely N-dealkylation sites (N-methyl/N-ethyl adjacent to an activating group) is 1. The van der Waals surface area contributed by atoms with Crippen molar-refractivity contribution in [1.29, 1.82) is 0 Å². The molecule has 1 saturated carbocycles. The number of nitrogens with two attached hydrogens (primary N) is 1. The van der Waals surface area contributed by atoms with Crippen molar-refractivity contribution in [2.45, 2.75) is 51.3 Å². The van der Waals surface area contributed by atoms with Crippen molar-refractivity contribution in [2.24, 2.45) is 5.73 Å². The van der Waals surface area contributed by atoms with Crippen LogP contribution in [0.5, 0.6) is 5.75 Å². The predicted molar refractivity (Wildman–Crippen MR) is 79.4 cm³/mol. The van der Waals surface area contributed by atoms with Crippen molar-refractivity contribution in [2.75, 3.05) is 13.6 Å². The van der Waals surface area contributed by atoms with Gasteiger partial charge in [0, 0.05) is 18.6 Å². The summed E-state index contributed by atoms with van der Waals surface area (Å²) in [6, 6.07) is 9.35. The number of hydrogen-bond acceptors (Lipinski definition) is 3. The van der Waals surface area contributed by atoms with Crippen LogP contribution in [-0.4, -0.2) is 30.6 Å². The van der Waals surface area contributed by atoms with Crippen molar-refractivity contribution in [3.05, 3.63) is 29.8 Å². The lowest BCUT2D eigenvalue weighted by Gasteiger charge is -2.40. The summed E-state index contributed by atoms with van der Waals surface area (Å²) in [4.78, 5) is 2.43. The smallest absolute Gasteiger partial charge is 0.120 e. The van der Waals surface area contributed by atoms with Gasteiger partial charge in [0.2, 0.25) is 0 Å². The SMILES string of the molecule is CC(C)Oc1cccc(C(CN)N(C)C2CCC2)c1. The van der Waals surface area contributed by atoms with E-state index in [2.05, 4.69) is 30.1 Å². The van der Waals surface area contributed by atoms with E-state index in [9.17, 15) is 0 Å². The van der Waals surface area contributed by atoms with Gasteiger partial charge in [-0.3, -0.25) is 4.90 Å². The molecule has 1 fully saturated rings. The summed E-state index contributed by atoms with van der Waals surface area (Å²) in [5.41, 5.74) is 7.25. The third kappa shape index (κ3) is 3.48. The van der Waals surface area contributed by atoms with Crippen LogP contribution in [0.2, 0.25) is 0 Å². The third-order valence-corrected chi connectivity index (χ3v) is 3.98. The second kappa shape index (κ2) is 6.40. The Morgan fingerprint density at radius 1 is 1.37 bits per heavy atom. The summed E-state index contributed by atoms with van der Waals surface area (Å²) in [6.07, 6.45) is 4.16. The normalized spacial score (nSPS) is 17.6. The second-order valence-electron chi connectivity index (χ2n) is 5.74. The summed E-state index contributed by atoms with van der Waals surface area (Å²) in [6.45, 7) is 4.75. The molecular formula is C16H26N2O. The van der Waals surface area contributed by atoms with Gasteiger partial charge in [-0.1, -0.05) is 18.6 Å². The highest BCUT2D eigenvalue weighted by Crippen LogP contribution is 2.31. The van der Waals surface area contributed by atoms with E-state index >= 15 is 0 Å². The summed E-state index contributed by atoms with van der Waals surface area (Å²) >= 11 is 0. The molecule has 0 spiro atoms.